The summed E-state index contributed by atoms with van der Waals surface area (Å²) >= 11 is 0. The normalized spacial score (nSPS) is 57.4. The zero-order valence-electron chi connectivity index (χ0n) is 16.0. The molecule has 0 aromatic heterocycles. The summed E-state index contributed by atoms with van der Waals surface area (Å²) in [7, 11) is 0. The van der Waals surface area contributed by atoms with Gasteiger partial charge in [0.25, 0.3) is 0 Å². The van der Waals surface area contributed by atoms with E-state index in [4.69, 9.17) is 0 Å². The van der Waals surface area contributed by atoms with Crippen LogP contribution in [0.25, 0.3) is 0 Å². The molecule has 0 radical (unpaired) electrons. The van der Waals surface area contributed by atoms with Crippen LogP contribution < -0.4 is 5.32 Å². The van der Waals surface area contributed by atoms with Crippen molar-refractivity contribution < 1.29 is 9.90 Å². The summed E-state index contributed by atoms with van der Waals surface area (Å²) in [5.41, 5.74) is 0.294. The average Bonchev–Trinajstić information content (AvgIpc) is 2.81. The van der Waals surface area contributed by atoms with Crippen molar-refractivity contribution in [3.8, 4) is 0 Å². The molecule has 0 amide bonds. The minimum Gasteiger partial charge on any atom is -0.385 e. The molecule has 5 rings (SSSR count). The minimum atomic E-state index is -0.778. The molecule has 2 bridgehead atoms. The van der Waals surface area contributed by atoms with Gasteiger partial charge in [-0.3, -0.25) is 4.79 Å². The summed E-state index contributed by atoms with van der Waals surface area (Å²) in [5, 5.41) is 15.8. The molecule has 4 fully saturated rings. The quantitative estimate of drug-likeness (QED) is 0.706. The van der Waals surface area contributed by atoms with E-state index in [1.165, 1.54) is 19.3 Å². The molecule has 0 spiro atoms. The van der Waals surface area contributed by atoms with E-state index in [0.717, 1.165) is 37.7 Å². The first-order chi connectivity index (χ1) is 11.8. The third-order valence-electron chi connectivity index (χ3n) is 9.28. The highest BCUT2D eigenvalue weighted by molar-refractivity contribution is 5.95. The molecule has 8 atom stereocenters. The Morgan fingerprint density at radius 2 is 2.00 bits per heavy atom. The van der Waals surface area contributed by atoms with Crippen molar-refractivity contribution in [3.05, 3.63) is 11.6 Å². The molecule has 2 N–H and O–H groups in total. The van der Waals surface area contributed by atoms with Crippen molar-refractivity contribution in [2.45, 2.75) is 89.8 Å². The Kier molecular flexibility index (Phi) is 3.29. The van der Waals surface area contributed by atoms with E-state index in [1.54, 1.807) is 0 Å². The van der Waals surface area contributed by atoms with Gasteiger partial charge in [0.05, 0.1) is 5.60 Å². The third-order valence-corrected chi connectivity index (χ3v) is 9.28. The highest BCUT2D eigenvalue weighted by Gasteiger charge is 2.69. The lowest BCUT2D eigenvalue weighted by Crippen LogP contribution is -2.64. The van der Waals surface area contributed by atoms with E-state index >= 15 is 0 Å². The van der Waals surface area contributed by atoms with Crippen LogP contribution in [-0.4, -0.2) is 28.6 Å². The second kappa shape index (κ2) is 4.98. The molecule has 3 heteroatoms. The summed E-state index contributed by atoms with van der Waals surface area (Å²) in [6.07, 6.45) is 10.8. The fraction of sp³-hybridized carbons (Fsp3) is 0.864. The van der Waals surface area contributed by atoms with Gasteiger partial charge in [-0.25, -0.2) is 0 Å². The molecular formula is C22H33NO2. The lowest BCUT2D eigenvalue weighted by Gasteiger charge is -2.55. The maximum absolute atomic E-state index is 13.0. The fourth-order valence-corrected chi connectivity index (χ4v) is 7.89. The molecule has 8 unspecified atom stereocenters. The van der Waals surface area contributed by atoms with Crippen LogP contribution in [0.3, 0.4) is 0 Å². The molecule has 138 valence electrons. The number of rotatable bonds is 0. The monoisotopic (exact) mass is 343 g/mol. The van der Waals surface area contributed by atoms with Gasteiger partial charge in [-0.15, -0.1) is 0 Å². The van der Waals surface area contributed by atoms with Crippen molar-refractivity contribution in [3.63, 3.8) is 0 Å². The van der Waals surface area contributed by atoms with Gasteiger partial charge in [0, 0.05) is 23.4 Å². The Labute approximate surface area is 151 Å². The van der Waals surface area contributed by atoms with E-state index in [0.29, 0.717) is 29.7 Å². The van der Waals surface area contributed by atoms with E-state index in [2.05, 4.69) is 26.1 Å². The Morgan fingerprint density at radius 1 is 1.20 bits per heavy atom. The van der Waals surface area contributed by atoms with E-state index in [-0.39, 0.29) is 16.7 Å². The van der Waals surface area contributed by atoms with Crippen LogP contribution in [0.5, 0.6) is 0 Å². The number of carbonyl (C=O) groups is 1. The summed E-state index contributed by atoms with van der Waals surface area (Å²) in [6, 6.07) is 0.919. The molecule has 1 saturated heterocycles. The number of hydrogen-bond donors (Lipinski definition) is 2. The summed E-state index contributed by atoms with van der Waals surface area (Å²) in [5.74, 6) is 1.46. The molecular weight excluding hydrogens is 310 g/mol. The van der Waals surface area contributed by atoms with Crippen LogP contribution in [0.2, 0.25) is 0 Å². The van der Waals surface area contributed by atoms with Crippen molar-refractivity contribution in [2.75, 3.05) is 0 Å². The van der Waals surface area contributed by atoms with E-state index in [9.17, 15) is 9.90 Å². The largest absolute Gasteiger partial charge is 0.385 e. The molecule has 3 nitrogen and oxygen atoms in total. The van der Waals surface area contributed by atoms with Gasteiger partial charge < -0.3 is 10.4 Å². The van der Waals surface area contributed by atoms with Gasteiger partial charge in [0.2, 0.25) is 0 Å². The van der Waals surface area contributed by atoms with Crippen LogP contribution in [0.4, 0.5) is 0 Å². The second-order valence-electron chi connectivity index (χ2n) is 10.4. The van der Waals surface area contributed by atoms with Crippen molar-refractivity contribution in [2.24, 2.45) is 28.6 Å². The second-order valence-corrected chi connectivity index (χ2v) is 10.4. The lowest BCUT2D eigenvalue weighted by atomic mass is 9.53. The molecule has 5 aliphatic rings. The van der Waals surface area contributed by atoms with Crippen molar-refractivity contribution >= 4 is 5.78 Å². The highest BCUT2D eigenvalue weighted by atomic mass is 16.3. The Bertz CT molecular complexity index is 656. The highest BCUT2D eigenvalue weighted by Crippen LogP contribution is 2.69. The van der Waals surface area contributed by atoms with Crippen LogP contribution in [0.1, 0.15) is 72.1 Å². The summed E-state index contributed by atoms with van der Waals surface area (Å²) in [6.45, 7) is 6.93. The van der Waals surface area contributed by atoms with Gasteiger partial charge in [-0.1, -0.05) is 26.7 Å². The van der Waals surface area contributed by atoms with E-state index < -0.39 is 5.60 Å². The topological polar surface area (TPSA) is 49.3 Å². The number of aliphatic hydroxyl groups is 1. The maximum atomic E-state index is 13.0. The van der Waals surface area contributed by atoms with Crippen LogP contribution in [0, 0.1) is 28.6 Å². The van der Waals surface area contributed by atoms with Gasteiger partial charge in [0.15, 0.2) is 5.78 Å². The predicted molar refractivity (Wildman–Crippen MR) is 98.0 cm³/mol. The van der Waals surface area contributed by atoms with Crippen LogP contribution in [0.15, 0.2) is 11.6 Å². The first-order valence-electron chi connectivity index (χ1n) is 10.5. The lowest BCUT2D eigenvalue weighted by molar-refractivity contribution is -0.127. The Morgan fingerprint density at radius 3 is 2.80 bits per heavy atom. The van der Waals surface area contributed by atoms with Gasteiger partial charge in [0.1, 0.15) is 0 Å². The minimum absolute atomic E-state index is 0.0734. The number of piperidine rings is 1. The fourth-order valence-electron chi connectivity index (χ4n) is 7.89. The predicted octanol–water partition coefficient (Wildman–Crippen LogP) is 3.61. The van der Waals surface area contributed by atoms with Gasteiger partial charge >= 0.3 is 0 Å². The molecule has 1 aliphatic heterocycles. The average molecular weight is 344 g/mol. The third kappa shape index (κ3) is 1.87. The molecule has 0 aromatic carbocycles. The maximum Gasteiger partial charge on any atom is 0.159 e. The van der Waals surface area contributed by atoms with Gasteiger partial charge in [-0.2, -0.15) is 0 Å². The number of ketones is 1. The molecule has 1 heterocycles. The zero-order chi connectivity index (χ0) is 17.6. The van der Waals surface area contributed by atoms with Gasteiger partial charge in [-0.05, 0) is 74.3 Å². The summed E-state index contributed by atoms with van der Waals surface area (Å²) < 4.78 is 0. The zero-order valence-corrected chi connectivity index (χ0v) is 16.0. The number of fused-ring (bicyclic) bond motifs is 9. The Balaban J connectivity index is 1.65. The van der Waals surface area contributed by atoms with Crippen LogP contribution >= 0.6 is 0 Å². The number of hydrogen-bond acceptors (Lipinski definition) is 3. The van der Waals surface area contributed by atoms with E-state index in [1.807, 2.05) is 6.08 Å². The standard InChI is InChI=1S/C22H33NO2/c1-13-7-9-21(3)18(23-13)10-14-12-22(21,25)16-11-17(24)15-6-4-5-8-20(15,2)19(14)16/h11,13-15,18-19,23,25H,4-10,12H2,1-3H3. The smallest absolute Gasteiger partial charge is 0.159 e. The number of carbonyl (C=O) groups excluding carboxylic acids is 1. The Hall–Kier alpha value is -0.670. The number of nitrogens with one attached hydrogen (secondary N) is 1. The van der Waals surface area contributed by atoms with Crippen LogP contribution in [-0.2, 0) is 4.79 Å². The molecule has 25 heavy (non-hydrogen) atoms. The molecule has 4 aliphatic carbocycles. The van der Waals surface area contributed by atoms with Crippen molar-refractivity contribution in [1.82, 2.24) is 5.32 Å². The summed E-state index contributed by atoms with van der Waals surface area (Å²) in [4.78, 5) is 13.0. The molecule has 3 saturated carbocycles. The SMILES string of the molecule is CC1CCC2(C)C(CC3CC2(O)C2=CC(=O)C4CCCCC4(C)C23)N1. The van der Waals surface area contributed by atoms with Crippen molar-refractivity contribution in [1.29, 1.82) is 0 Å². The number of allylic oxidation sites excluding steroid dienone is 1. The first kappa shape index (κ1) is 16.5. The first-order valence-corrected chi connectivity index (χ1v) is 10.5. The molecule has 0 aromatic rings.